The van der Waals surface area contributed by atoms with E-state index in [1.807, 2.05) is 24.3 Å². The number of aliphatic carboxylic acids is 1. The largest absolute Gasteiger partial charge is 0.481 e. The Kier molecular flexibility index (Phi) is 5.20. The summed E-state index contributed by atoms with van der Waals surface area (Å²) >= 11 is 1.55. The number of aromatic nitrogens is 1. The van der Waals surface area contributed by atoms with Crippen LogP contribution in [0.4, 0.5) is 5.69 Å². The molecule has 1 aromatic heterocycles. The first-order chi connectivity index (χ1) is 11.6. The number of carbonyl (C=O) groups excluding carboxylic acids is 1. The van der Waals surface area contributed by atoms with Gasteiger partial charge in [-0.2, -0.15) is 11.8 Å². The van der Waals surface area contributed by atoms with Crippen molar-refractivity contribution in [1.82, 2.24) is 5.16 Å². The van der Waals surface area contributed by atoms with E-state index in [-0.39, 0.29) is 18.1 Å². The maximum atomic E-state index is 12.2. The van der Waals surface area contributed by atoms with Crippen LogP contribution in [0.3, 0.4) is 0 Å². The third kappa shape index (κ3) is 4.61. The third-order valence-corrected chi connectivity index (χ3v) is 4.69. The van der Waals surface area contributed by atoms with E-state index in [4.69, 9.17) is 9.63 Å². The predicted molar refractivity (Wildman–Crippen MR) is 91.3 cm³/mol. The summed E-state index contributed by atoms with van der Waals surface area (Å²) in [6, 6.07) is 9.20. The zero-order valence-electron chi connectivity index (χ0n) is 13.0. The average Bonchev–Trinajstić information content (AvgIpc) is 3.29. The number of thioether (sulfide) groups is 1. The van der Waals surface area contributed by atoms with Gasteiger partial charge in [0.15, 0.2) is 0 Å². The second-order valence-electron chi connectivity index (χ2n) is 5.74. The Labute approximate surface area is 143 Å². The summed E-state index contributed by atoms with van der Waals surface area (Å²) in [4.78, 5) is 22.7. The van der Waals surface area contributed by atoms with Gasteiger partial charge in [0.05, 0.1) is 12.1 Å². The fraction of sp³-hybridized carbons (Fsp3) is 0.353. The highest BCUT2D eigenvalue weighted by molar-refractivity contribution is 7.98. The normalized spacial score (nSPS) is 13.7. The van der Waals surface area contributed by atoms with E-state index in [0.717, 1.165) is 24.1 Å². The number of hydrogen-bond donors (Lipinski definition) is 2. The Hall–Kier alpha value is -2.28. The lowest BCUT2D eigenvalue weighted by Crippen LogP contribution is -2.11. The quantitative estimate of drug-likeness (QED) is 0.711. The van der Waals surface area contributed by atoms with Gasteiger partial charge >= 0.3 is 5.97 Å². The molecule has 126 valence electrons. The van der Waals surface area contributed by atoms with Crippen LogP contribution < -0.4 is 5.32 Å². The molecule has 6 nitrogen and oxygen atoms in total. The van der Waals surface area contributed by atoms with E-state index in [0.29, 0.717) is 23.1 Å². The molecule has 1 saturated carbocycles. The molecule has 1 amide bonds. The summed E-state index contributed by atoms with van der Waals surface area (Å²) in [6.45, 7) is 0. The molecule has 24 heavy (non-hydrogen) atoms. The van der Waals surface area contributed by atoms with E-state index in [1.165, 1.54) is 0 Å². The van der Waals surface area contributed by atoms with Crippen molar-refractivity contribution in [2.24, 2.45) is 0 Å². The van der Waals surface area contributed by atoms with Crippen molar-refractivity contribution < 1.29 is 19.2 Å². The van der Waals surface area contributed by atoms with Gasteiger partial charge < -0.3 is 14.9 Å². The minimum atomic E-state index is -0.791. The summed E-state index contributed by atoms with van der Waals surface area (Å²) in [5, 5.41) is 15.4. The Morgan fingerprint density at radius 3 is 2.92 bits per heavy atom. The Morgan fingerprint density at radius 1 is 1.33 bits per heavy atom. The molecule has 0 spiro atoms. The molecular weight excluding hydrogens is 328 g/mol. The highest BCUT2D eigenvalue weighted by Gasteiger charge is 2.28. The van der Waals surface area contributed by atoms with Crippen LogP contribution in [0.1, 0.15) is 47.0 Å². The van der Waals surface area contributed by atoms with E-state index in [9.17, 15) is 9.59 Å². The summed E-state index contributed by atoms with van der Waals surface area (Å²) in [7, 11) is 0. The number of benzene rings is 1. The maximum Gasteiger partial charge on any atom is 0.304 e. The number of nitrogens with zero attached hydrogens (tertiary/aromatic N) is 1. The molecule has 2 aromatic rings. The Balaban J connectivity index is 1.54. The first-order valence-electron chi connectivity index (χ1n) is 7.78. The molecule has 0 unspecified atom stereocenters. The minimum absolute atomic E-state index is 0.149. The number of nitrogens with one attached hydrogen (secondary N) is 1. The lowest BCUT2D eigenvalue weighted by molar-refractivity contribution is -0.136. The van der Waals surface area contributed by atoms with Gasteiger partial charge in [0.25, 0.3) is 5.91 Å². The van der Waals surface area contributed by atoms with Gasteiger partial charge in [-0.3, -0.25) is 9.59 Å². The molecule has 0 aliphatic heterocycles. The summed E-state index contributed by atoms with van der Waals surface area (Å²) in [5.74, 6) is 0.824. The van der Waals surface area contributed by atoms with Crippen LogP contribution in [-0.4, -0.2) is 27.9 Å². The molecule has 0 saturated heterocycles. The highest BCUT2D eigenvalue weighted by atomic mass is 32.2. The van der Waals surface area contributed by atoms with Gasteiger partial charge in [-0.25, -0.2) is 0 Å². The monoisotopic (exact) mass is 346 g/mol. The number of amides is 1. The molecule has 2 N–H and O–H groups in total. The van der Waals surface area contributed by atoms with Gasteiger partial charge in [0.1, 0.15) is 0 Å². The Morgan fingerprint density at radius 2 is 2.17 bits per heavy atom. The van der Waals surface area contributed by atoms with E-state index >= 15 is 0 Å². The topological polar surface area (TPSA) is 92.4 Å². The summed E-state index contributed by atoms with van der Waals surface area (Å²) in [6.07, 6.45) is 2.36. The minimum Gasteiger partial charge on any atom is -0.481 e. The number of carboxylic acids is 1. The number of anilines is 1. The van der Waals surface area contributed by atoms with Crippen LogP contribution in [0.2, 0.25) is 0 Å². The second kappa shape index (κ2) is 7.53. The second-order valence-corrected chi connectivity index (χ2v) is 6.85. The first kappa shape index (κ1) is 16.6. The van der Waals surface area contributed by atoms with Crippen LogP contribution in [0.15, 0.2) is 34.9 Å². The predicted octanol–water partition coefficient (Wildman–Crippen LogP) is 3.51. The van der Waals surface area contributed by atoms with Gasteiger partial charge in [-0.05, 0) is 30.5 Å². The molecular formula is C17H18N2O4S. The van der Waals surface area contributed by atoms with E-state index < -0.39 is 5.97 Å². The third-order valence-electron chi connectivity index (χ3n) is 3.66. The lowest BCUT2D eigenvalue weighted by atomic mass is 10.2. The molecule has 1 fully saturated rings. The Bertz CT molecular complexity index is 740. The van der Waals surface area contributed by atoms with Crippen LogP contribution in [-0.2, 0) is 10.5 Å². The van der Waals surface area contributed by atoms with Crippen LogP contribution in [0.25, 0.3) is 0 Å². The molecule has 0 bridgehead atoms. The highest BCUT2D eigenvalue weighted by Crippen LogP contribution is 2.39. The molecule has 1 aliphatic rings. The number of carbonyl (C=O) groups is 2. The van der Waals surface area contributed by atoms with Crippen molar-refractivity contribution in [3.05, 3.63) is 47.3 Å². The molecule has 1 heterocycles. The van der Waals surface area contributed by atoms with Crippen molar-refractivity contribution in [3.8, 4) is 0 Å². The molecule has 0 radical (unpaired) electrons. The fourth-order valence-electron chi connectivity index (χ4n) is 2.25. The zero-order valence-corrected chi connectivity index (χ0v) is 13.8. The number of carboxylic acid groups (broad SMARTS) is 1. The molecule has 7 heteroatoms. The fourth-order valence-corrected chi connectivity index (χ4v) is 3.13. The molecule has 1 aliphatic carbocycles. The summed E-state index contributed by atoms with van der Waals surface area (Å²) in [5.41, 5.74) is 2.56. The van der Waals surface area contributed by atoms with Crippen molar-refractivity contribution >= 4 is 29.3 Å². The van der Waals surface area contributed by atoms with Crippen molar-refractivity contribution in [3.63, 3.8) is 0 Å². The van der Waals surface area contributed by atoms with Crippen molar-refractivity contribution in [1.29, 1.82) is 0 Å². The van der Waals surface area contributed by atoms with Crippen molar-refractivity contribution in [2.75, 3.05) is 11.1 Å². The zero-order chi connectivity index (χ0) is 16.9. The number of rotatable bonds is 8. The average molecular weight is 346 g/mol. The van der Waals surface area contributed by atoms with Gasteiger partial charge in [-0.15, -0.1) is 0 Å². The van der Waals surface area contributed by atoms with Crippen LogP contribution >= 0.6 is 11.8 Å². The lowest BCUT2D eigenvalue weighted by Gasteiger charge is -2.06. The van der Waals surface area contributed by atoms with Crippen molar-refractivity contribution in [2.45, 2.75) is 30.9 Å². The van der Waals surface area contributed by atoms with E-state index in [1.54, 1.807) is 17.8 Å². The van der Waals surface area contributed by atoms with Gasteiger partial charge in [-0.1, -0.05) is 17.3 Å². The van der Waals surface area contributed by atoms with Crippen LogP contribution in [0.5, 0.6) is 0 Å². The van der Waals surface area contributed by atoms with Gasteiger partial charge in [0, 0.05) is 29.2 Å². The molecule has 1 aromatic carbocycles. The van der Waals surface area contributed by atoms with E-state index in [2.05, 4.69) is 10.5 Å². The summed E-state index contributed by atoms with van der Waals surface area (Å²) < 4.78 is 5.11. The smallest absolute Gasteiger partial charge is 0.304 e. The standard InChI is InChI=1S/C17H18N2O4S/c20-16(21)6-7-24-10-11-2-1-3-13(8-11)18-17(22)15-9-14(19-23-15)12-4-5-12/h1-3,8-9,12H,4-7,10H2,(H,18,22)(H,20,21). The van der Waals surface area contributed by atoms with Gasteiger partial charge in [0.2, 0.25) is 5.76 Å². The first-order valence-corrected chi connectivity index (χ1v) is 8.94. The number of hydrogen-bond acceptors (Lipinski definition) is 5. The molecule has 0 atom stereocenters. The van der Waals surface area contributed by atoms with Crippen LogP contribution in [0, 0.1) is 0 Å². The maximum absolute atomic E-state index is 12.2. The SMILES string of the molecule is O=C(O)CCSCc1cccc(NC(=O)c2cc(C3CC3)no2)c1. The molecule has 3 rings (SSSR count).